The average molecular weight is 374 g/mol. The van der Waals surface area contributed by atoms with Crippen LogP contribution in [0, 0.1) is 0 Å². The van der Waals surface area contributed by atoms with Crippen molar-refractivity contribution in [1.82, 2.24) is 14.5 Å². The number of amides is 1. The van der Waals surface area contributed by atoms with Crippen LogP contribution in [0.3, 0.4) is 0 Å². The molecular weight excluding hydrogens is 348 g/mol. The quantitative estimate of drug-likeness (QED) is 0.686. The van der Waals surface area contributed by atoms with Crippen molar-refractivity contribution >= 4 is 22.4 Å². The van der Waals surface area contributed by atoms with Crippen molar-refractivity contribution in [3.05, 3.63) is 59.7 Å². The van der Waals surface area contributed by atoms with Crippen LogP contribution < -0.4 is 4.90 Å². The number of carbonyl (C=O) groups is 1. The second-order valence-electron chi connectivity index (χ2n) is 7.99. The summed E-state index contributed by atoms with van der Waals surface area (Å²) in [6, 6.07) is 12.6. The summed E-state index contributed by atoms with van der Waals surface area (Å²) in [6.45, 7) is 3.60. The minimum Gasteiger partial charge on any atom is -0.365 e. The molecule has 5 heteroatoms. The number of hydrogen-bond donors (Lipinski definition) is 0. The first-order valence-electron chi connectivity index (χ1n) is 10.3. The first-order valence-corrected chi connectivity index (χ1v) is 10.3. The molecule has 0 spiro atoms. The molecule has 0 N–H and O–H groups in total. The molecule has 3 heterocycles. The predicted molar refractivity (Wildman–Crippen MR) is 112 cm³/mol. The van der Waals surface area contributed by atoms with Gasteiger partial charge in [-0.2, -0.15) is 0 Å². The molecule has 2 aliphatic heterocycles. The normalized spacial score (nSPS) is 17.0. The number of nitrogens with zero attached hydrogens (tertiary/aromatic N) is 4. The zero-order chi connectivity index (χ0) is 19.1. The van der Waals surface area contributed by atoms with E-state index in [9.17, 15) is 4.79 Å². The second kappa shape index (κ2) is 6.97. The Balaban J connectivity index is 1.46. The van der Waals surface area contributed by atoms with E-state index < -0.39 is 0 Å². The highest BCUT2D eigenvalue weighted by Crippen LogP contribution is 2.31. The summed E-state index contributed by atoms with van der Waals surface area (Å²) in [5.41, 5.74) is 4.54. The van der Waals surface area contributed by atoms with E-state index >= 15 is 0 Å². The van der Waals surface area contributed by atoms with Crippen LogP contribution in [0.5, 0.6) is 0 Å². The highest BCUT2D eigenvalue weighted by Gasteiger charge is 2.22. The maximum absolute atomic E-state index is 12.9. The van der Waals surface area contributed by atoms with Gasteiger partial charge in [0.2, 0.25) is 0 Å². The molecule has 2 aliphatic rings. The van der Waals surface area contributed by atoms with Crippen molar-refractivity contribution in [3.63, 3.8) is 0 Å². The van der Waals surface area contributed by atoms with Crippen molar-refractivity contribution in [2.24, 2.45) is 7.05 Å². The molecule has 1 amide bonds. The van der Waals surface area contributed by atoms with Gasteiger partial charge in [0.1, 0.15) is 0 Å². The monoisotopic (exact) mass is 374 g/mol. The van der Waals surface area contributed by atoms with Crippen LogP contribution in [0.15, 0.2) is 42.7 Å². The van der Waals surface area contributed by atoms with Gasteiger partial charge >= 0.3 is 0 Å². The zero-order valence-electron chi connectivity index (χ0n) is 16.4. The van der Waals surface area contributed by atoms with Crippen LogP contribution in [0.4, 0.5) is 5.69 Å². The summed E-state index contributed by atoms with van der Waals surface area (Å²) in [4.78, 5) is 21.9. The van der Waals surface area contributed by atoms with Gasteiger partial charge in [-0.15, -0.1) is 0 Å². The number of aromatic nitrogens is 2. The van der Waals surface area contributed by atoms with E-state index in [4.69, 9.17) is 0 Å². The van der Waals surface area contributed by atoms with Gasteiger partial charge in [-0.25, -0.2) is 4.98 Å². The summed E-state index contributed by atoms with van der Waals surface area (Å²) in [5.74, 6) is 0.170. The van der Waals surface area contributed by atoms with E-state index in [1.165, 1.54) is 28.9 Å². The van der Waals surface area contributed by atoms with Gasteiger partial charge in [-0.1, -0.05) is 18.2 Å². The fraction of sp³-hybridized carbons (Fsp3) is 0.391. The Hall–Kier alpha value is -2.82. The molecule has 5 nitrogen and oxygen atoms in total. The Bertz CT molecular complexity index is 1030. The Kier molecular flexibility index (Phi) is 4.30. The lowest BCUT2D eigenvalue weighted by atomic mass is 10.0. The van der Waals surface area contributed by atoms with E-state index in [0.717, 1.165) is 56.4 Å². The number of hydrogen-bond acceptors (Lipinski definition) is 3. The molecule has 1 saturated heterocycles. The Labute approximate surface area is 165 Å². The lowest BCUT2D eigenvalue weighted by Crippen LogP contribution is -2.35. The predicted octanol–water partition coefficient (Wildman–Crippen LogP) is 3.76. The second-order valence-corrected chi connectivity index (χ2v) is 7.99. The number of fused-ring (bicyclic) bond motifs is 2. The largest absolute Gasteiger partial charge is 0.365 e. The number of anilines is 1. The van der Waals surface area contributed by atoms with Crippen molar-refractivity contribution in [2.75, 3.05) is 24.5 Å². The third kappa shape index (κ3) is 2.95. The number of likely N-dealkylation sites (tertiary alicyclic amines) is 1. The van der Waals surface area contributed by atoms with Crippen LogP contribution in [0.2, 0.25) is 0 Å². The topological polar surface area (TPSA) is 41.4 Å². The standard InChI is InChI=1S/C23H26N4O/c1-25-16-24-20-15-27(13-10-22(20)25)21-7-5-6-17-14-18(8-9-19(17)21)23(28)26-11-3-2-4-12-26/h5-9,14,16H,2-4,10-13,15H2,1H3. The molecule has 0 saturated carbocycles. The van der Waals surface area contributed by atoms with Crippen molar-refractivity contribution in [2.45, 2.75) is 32.2 Å². The van der Waals surface area contributed by atoms with E-state index in [1.54, 1.807) is 0 Å². The van der Waals surface area contributed by atoms with E-state index in [0.29, 0.717) is 0 Å². The maximum Gasteiger partial charge on any atom is 0.253 e. The fourth-order valence-corrected chi connectivity index (χ4v) is 4.62. The Morgan fingerprint density at radius 2 is 1.89 bits per heavy atom. The van der Waals surface area contributed by atoms with Crippen LogP contribution in [-0.4, -0.2) is 40.0 Å². The minimum atomic E-state index is 0.170. The van der Waals surface area contributed by atoms with Gasteiger partial charge in [0.25, 0.3) is 5.91 Å². The van der Waals surface area contributed by atoms with Gasteiger partial charge in [-0.3, -0.25) is 4.79 Å². The number of piperidine rings is 1. The molecule has 0 aliphatic carbocycles. The van der Waals surface area contributed by atoms with Gasteiger partial charge in [0.05, 0.1) is 18.6 Å². The Morgan fingerprint density at radius 1 is 1.04 bits per heavy atom. The molecule has 3 aromatic rings. The van der Waals surface area contributed by atoms with Gasteiger partial charge in [0.15, 0.2) is 0 Å². The smallest absolute Gasteiger partial charge is 0.253 e. The molecule has 0 unspecified atom stereocenters. The van der Waals surface area contributed by atoms with Gasteiger partial charge < -0.3 is 14.4 Å². The van der Waals surface area contributed by atoms with E-state index in [1.807, 2.05) is 17.3 Å². The van der Waals surface area contributed by atoms with Gasteiger partial charge in [0, 0.05) is 55.4 Å². The molecule has 5 rings (SSSR count). The lowest BCUT2D eigenvalue weighted by molar-refractivity contribution is 0.0724. The molecule has 2 aromatic carbocycles. The molecule has 0 radical (unpaired) electrons. The van der Waals surface area contributed by atoms with Crippen molar-refractivity contribution in [3.8, 4) is 0 Å². The number of carbonyl (C=O) groups excluding carboxylic acids is 1. The summed E-state index contributed by atoms with van der Waals surface area (Å²) in [5, 5.41) is 2.34. The van der Waals surface area contributed by atoms with Gasteiger partial charge in [-0.05, 0) is 42.8 Å². The molecular formula is C23H26N4O. The third-order valence-corrected chi connectivity index (χ3v) is 6.19. The first-order chi connectivity index (χ1) is 13.7. The molecule has 0 bridgehead atoms. The molecule has 1 fully saturated rings. The van der Waals surface area contributed by atoms with Crippen molar-refractivity contribution < 1.29 is 4.79 Å². The van der Waals surface area contributed by atoms with Crippen LogP contribution >= 0.6 is 0 Å². The first kappa shape index (κ1) is 17.3. The number of aryl methyl sites for hydroxylation is 1. The lowest BCUT2D eigenvalue weighted by Gasteiger charge is -2.30. The summed E-state index contributed by atoms with van der Waals surface area (Å²) < 4.78 is 2.13. The van der Waals surface area contributed by atoms with E-state index in [-0.39, 0.29) is 5.91 Å². The maximum atomic E-state index is 12.9. The highest BCUT2D eigenvalue weighted by molar-refractivity contribution is 6.02. The highest BCUT2D eigenvalue weighted by atomic mass is 16.2. The zero-order valence-corrected chi connectivity index (χ0v) is 16.4. The van der Waals surface area contributed by atoms with Crippen LogP contribution in [0.25, 0.3) is 10.8 Å². The summed E-state index contributed by atoms with van der Waals surface area (Å²) in [6.07, 6.45) is 6.39. The molecule has 144 valence electrons. The van der Waals surface area contributed by atoms with E-state index in [2.05, 4.69) is 51.8 Å². The minimum absolute atomic E-state index is 0.170. The molecule has 1 aromatic heterocycles. The van der Waals surface area contributed by atoms with Crippen molar-refractivity contribution in [1.29, 1.82) is 0 Å². The molecule has 0 atom stereocenters. The number of benzene rings is 2. The van der Waals surface area contributed by atoms with Crippen LogP contribution in [-0.2, 0) is 20.0 Å². The fourth-order valence-electron chi connectivity index (χ4n) is 4.62. The average Bonchev–Trinajstić information content (AvgIpc) is 3.13. The third-order valence-electron chi connectivity index (χ3n) is 6.19. The summed E-state index contributed by atoms with van der Waals surface area (Å²) in [7, 11) is 2.07. The Morgan fingerprint density at radius 3 is 2.75 bits per heavy atom. The molecule has 28 heavy (non-hydrogen) atoms. The SMILES string of the molecule is Cn1cnc2c1CCN(c1cccc3cc(C(=O)N4CCCCC4)ccc13)C2. The number of rotatable bonds is 2. The summed E-state index contributed by atoms with van der Waals surface area (Å²) >= 11 is 0. The van der Waals surface area contributed by atoms with Crippen LogP contribution in [0.1, 0.15) is 41.0 Å². The number of imidazole rings is 1.